The van der Waals surface area contributed by atoms with Crippen LogP contribution in [0.25, 0.3) is 11.0 Å². The Morgan fingerprint density at radius 3 is 2.59 bits per heavy atom. The summed E-state index contributed by atoms with van der Waals surface area (Å²) >= 11 is 0. The fourth-order valence-electron chi connectivity index (χ4n) is 3.43. The summed E-state index contributed by atoms with van der Waals surface area (Å²) < 4.78 is 2.19. The van der Waals surface area contributed by atoms with Crippen LogP contribution in [-0.4, -0.2) is 63.1 Å². The minimum absolute atomic E-state index is 0.603. The molecule has 1 aliphatic heterocycles. The van der Waals surface area contributed by atoms with Gasteiger partial charge in [-0.1, -0.05) is 12.1 Å². The van der Waals surface area contributed by atoms with E-state index in [2.05, 4.69) is 40.4 Å². The minimum Gasteiger partial charge on any atom is -0.370 e. The molecule has 2 N–H and O–H groups in total. The highest BCUT2D eigenvalue weighted by Crippen LogP contribution is 2.15. The Hall–Kier alpha value is -3.16. The van der Waals surface area contributed by atoms with E-state index in [-0.39, 0.29) is 0 Å². The van der Waals surface area contributed by atoms with Crippen LogP contribution in [0.4, 0.5) is 5.95 Å². The number of aryl methyl sites for hydroxylation is 1. The smallest absolute Gasteiger partial charge is 0.225 e. The Balaban J connectivity index is 1.34. The van der Waals surface area contributed by atoms with Crippen molar-refractivity contribution in [2.75, 3.05) is 37.6 Å². The largest absolute Gasteiger partial charge is 0.370 e. The predicted molar refractivity (Wildman–Crippen MR) is 107 cm³/mol. The van der Waals surface area contributed by atoms with Crippen molar-refractivity contribution < 1.29 is 0 Å². The monoisotopic (exact) mass is 364 g/mol. The van der Waals surface area contributed by atoms with Crippen molar-refractivity contribution in [3.05, 3.63) is 48.5 Å². The normalized spacial score (nSPS) is 15.5. The van der Waals surface area contributed by atoms with Gasteiger partial charge in [0.2, 0.25) is 5.95 Å². The SMILES string of the molecule is Cc1nc2ccccc2n1CCN=C(N)N1CCN(c2ncccn2)CC1. The number of guanidine groups is 1. The standard InChI is InChI=1S/C19H24N8/c1-15-24-16-5-2-3-6-17(16)27(15)10-9-21-18(20)25-11-13-26(14-12-25)19-22-7-4-8-23-19/h2-8H,9-14H2,1H3,(H2,20,21). The molecular formula is C19H24N8. The van der Waals surface area contributed by atoms with Gasteiger partial charge in [0.25, 0.3) is 0 Å². The van der Waals surface area contributed by atoms with Crippen LogP contribution in [0.15, 0.2) is 47.7 Å². The van der Waals surface area contributed by atoms with Crippen molar-refractivity contribution in [3.8, 4) is 0 Å². The van der Waals surface area contributed by atoms with Gasteiger partial charge in [-0.15, -0.1) is 0 Å². The highest BCUT2D eigenvalue weighted by molar-refractivity contribution is 5.78. The molecule has 8 nitrogen and oxygen atoms in total. The summed E-state index contributed by atoms with van der Waals surface area (Å²) in [6.45, 7) is 6.75. The number of hydrogen-bond donors (Lipinski definition) is 1. The average Bonchev–Trinajstić information content (AvgIpc) is 3.04. The van der Waals surface area contributed by atoms with Gasteiger partial charge >= 0.3 is 0 Å². The Labute approximate surface area is 158 Å². The van der Waals surface area contributed by atoms with Crippen LogP contribution in [0.5, 0.6) is 0 Å². The van der Waals surface area contributed by atoms with Gasteiger partial charge in [0, 0.05) is 45.1 Å². The Bertz CT molecular complexity index is 925. The molecule has 2 aromatic heterocycles. The zero-order valence-corrected chi connectivity index (χ0v) is 15.5. The lowest BCUT2D eigenvalue weighted by molar-refractivity contribution is 0.378. The number of aliphatic imine (C=N–C) groups is 1. The number of nitrogens with zero attached hydrogens (tertiary/aromatic N) is 7. The van der Waals surface area contributed by atoms with E-state index in [1.54, 1.807) is 12.4 Å². The third-order valence-corrected chi connectivity index (χ3v) is 4.88. The number of nitrogens with two attached hydrogens (primary N) is 1. The second-order valence-electron chi connectivity index (χ2n) is 6.56. The molecule has 1 aromatic carbocycles. The second-order valence-corrected chi connectivity index (χ2v) is 6.56. The van der Waals surface area contributed by atoms with E-state index in [9.17, 15) is 0 Å². The molecule has 4 rings (SSSR count). The van der Waals surface area contributed by atoms with E-state index in [0.717, 1.165) is 55.5 Å². The molecule has 0 unspecified atom stereocenters. The van der Waals surface area contributed by atoms with Crippen molar-refractivity contribution in [2.24, 2.45) is 10.7 Å². The Morgan fingerprint density at radius 1 is 1.07 bits per heavy atom. The molecule has 1 fully saturated rings. The molecule has 0 aliphatic carbocycles. The van der Waals surface area contributed by atoms with Crippen LogP contribution in [0, 0.1) is 6.92 Å². The molecule has 8 heteroatoms. The summed E-state index contributed by atoms with van der Waals surface area (Å²) in [4.78, 5) is 22.1. The summed E-state index contributed by atoms with van der Waals surface area (Å²) in [7, 11) is 0. The van der Waals surface area contributed by atoms with Crippen molar-refractivity contribution >= 4 is 22.9 Å². The first-order valence-electron chi connectivity index (χ1n) is 9.21. The fourth-order valence-corrected chi connectivity index (χ4v) is 3.43. The van der Waals surface area contributed by atoms with Crippen LogP contribution >= 0.6 is 0 Å². The molecule has 0 spiro atoms. The number of benzene rings is 1. The van der Waals surface area contributed by atoms with E-state index in [1.807, 2.05) is 31.2 Å². The summed E-state index contributed by atoms with van der Waals surface area (Å²) in [6.07, 6.45) is 3.54. The van der Waals surface area contributed by atoms with Gasteiger partial charge in [0.15, 0.2) is 5.96 Å². The first-order valence-corrected chi connectivity index (χ1v) is 9.21. The average molecular weight is 364 g/mol. The molecule has 0 bridgehead atoms. The molecule has 1 saturated heterocycles. The molecule has 1 aliphatic rings. The van der Waals surface area contributed by atoms with E-state index < -0.39 is 0 Å². The summed E-state index contributed by atoms with van der Waals surface area (Å²) in [6, 6.07) is 10.00. The van der Waals surface area contributed by atoms with Gasteiger partial charge in [-0.05, 0) is 25.1 Å². The van der Waals surface area contributed by atoms with Gasteiger partial charge in [-0.25, -0.2) is 15.0 Å². The number of para-hydroxylation sites is 2. The van der Waals surface area contributed by atoms with Crippen molar-refractivity contribution in [3.63, 3.8) is 0 Å². The highest BCUT2D eigenvalue weighted by Gasteiger charge is 2.19. The number of fused-ring (bicyclic) bond motifs is 1. The lowest BCUT2D eigenvalue weighted by Crippen LogP contribution is -2.51. The third kappa shape index (κ3) is 3.69. The van der Waals surface area contributed by atoms with E-state index in [4.69, 9.17) is 5.73 Å². The molecule has 0 saturated carbocycles. The highest BCUT2D eigenvalue weighted by atomic mass is 15.4. The number of piperazine rings is 1. The van der Waals surface area contributed by atoms with Crippen molar-refractivity contribution in [1.82, 2.24) is 24.4 Å². The first kappa shape index (κ1) is 17.3. The number of anilines is 1. The van der Waals surface area contributed by atoms with Crippen LogP contribution < -0.4 is 10.6 Å². The number of rotatable bonds is 4. The number of hydrogen-bond acceptors (Lipinski definition) is 5. The predicted octanol–water partition coefficient (Wildman–Crippen LogP) is 1.27. The first-order chi connectivity index (χ1) is 13.2. The summed E-state index contributed by atoms with van der Waals surface area (Å²) in [5.41, 5.74) is 8.38. The van der Waals surface area contributed by atoms with Crippen molar-refractivity contribution in [1.29, 1.82) is 0 Å². The minimum atomic E-state index is 0.603. The zero-order valence-electron chi connectivity index (χ0n) is 15.5. The van der Waals surface area contributed by atoms with Gasteiger partial charge in [0.05, 0.1) is 17.6 Å². The van der Waals surface area contributed by atoms with Gasteiger partial charge in [0.1, 0.15) is 5.82 Å². The Kier molecular flexibility index (Phi) is 4.86. The molecule has 0 amide bonds. The van der Waals surface area contributed by atoms with Gasteiger partial charge < -0.3 is 20.1 Å². The second kappa shape index (κ2) is 7.61. The number of imidazole rings is 1. The van der Waals surface area contributed by atoms with E-state index >= 15 is 0 Å². The fraction of sp³-hybridized carbons (Fsp3) is 0.368. The molecule has 0 atom stereocenters. The topological polar surface area (TPSA) is 88.5 Å². The van der Waals surface area contributed by atoms with Crippen LogP contribution in [-0.2, 0) is 6.54 Å². The third-order valence-electron chi connectivity index (χ3n) is 4.88. The molecule has 140 valence electrons. The lowest BCUT2D eigenvalue weighted by Gasteiger charge is -2.35. The summed E-state index contributed by atoms with van der Waals surface area (Å²) in [5.74, 6) is 2.38. The molecule has 0 radical (unpaired) electrons. The van der Waals surface area contributed by atoms with Crippen LogP contribution in [0.2, 0.25) is 0 Å². The van der Waals surface area contributed by atoms with Crippen molar-refractivity contribution in [2.45, 2.75) is 13.5 Å². The molecular weight excluding hydrogens is 340 g/mol. The number of aromatic nitrogens is 4. The lowest BCUT2D eigenvalue weighted by atomic mass is 10.3. The molecule has 27 heavy (non-hydrogen) atoms. The van der Waals surface area contributed by atoms with Crippen LogP contribution in [0.1, 0.15) is 5.82 Å². The van der Waals surface area contributed by atoms with Gasteiger partial charge in [-0.3, -0.25) is 4.99 Å². The quantitative estimate of drug-likeness (QED) is 0.554. The van der Waals surface area contributed by atoms with E-state index in [0.29, 0.717) is 12.5 Å². The van der Waals surface area contributed by atoms with Crippen LogP contribution in [0.3, 0.4) is 0 Å². The van der Waals surface area contributed by atoms with E-state index in [1.165, 1.54) is 0 Å². The molecule has 3 aromatic rings. The zero-order chi connectivity index (χ0) is 18.6. The maximum atomic E-state index is 6.22. The van der Waals surface area contributed by atoms with Gasteiger partial charge in [-0.2, -0.15) is 0 Å². The summed E-state index contributed by atoms with van der Waals surface area (Å²) in [5, 5.41) is 0. The molecule has 3 heterocycles. The maximum absolute atomic E-state index is 6.22. The Morgan fingerprint density at radius 2 is 1.81 bits per heavy atom. The maximum Gasteiger partial charge on any atom is 0.225 e.